The van der Waals surface area contributed by atoms with E-state index in [1.165, 1.54) is 0 Å². The Hall–Kier alpha value is -1.36. The van der Waals surface area contributed by atoms with Crippen LogP contribution in [0.4, 0.5) is 11.8 Å². The molecule has 5 nitrogen and oxygen atoms in total. The van der Waals surface area contributed by atoms with Crippen molar-refractivity contribution < 1.29 is 0 Å². The van der Waals surface area contributed by atoms with Gasteiger partial charge in [0, 0.05) is 24.3 Å². The third-order valence-electron chi connectivity index (χ3n) is 2.61. The summed E-state index contributed by atoms with van der Waals surface area (Å²) < 4.78 is 0. The Morgan fingerprint density at radius 2 is 2.33 bits per heavy atom. The molecule has 1 atom stereocenters. The van der Waals surface area contributed by atoms with Crippen LogP contribution in [0.25, 0.3) is 0 Å². The van der Waals surface area contributed by atoms with Gasteiger partial charge in [0.1, 0.15) is 5.82 Å². The van der Waals surface area contributed by atoms with Crippen molar-refractivity contribution in [3.63, 3.8) is 0 Å². The van der Waals surface area contributed by atoms with Crippen molar-refractivity contribution in [3.05, 3.63) is 11.8 Å². The van der Waals surface area contributed by atoms with Crippen LogP contribution in [0.1, 0.15) is 12.1 Å². The van der Waals surface area contributed by atoms with E-state index in [1.807, 2.05) is 13.0 Å². The quantitative estimate of drug-likeness (QED) is 0.738. The fourth-order valence-electron chi connectivity index (χ4n) is 1.93. The van der Waals surface area contributed by atoms with Crippen LogP contribution >= 0.6 is 0 Å². The van der Waals surface area contributed by atoms with Gasteiger partial charge in [0.15, 0.2) is 0 Å². The zero-order chi connectivity index (χ0) is 10.8. The molecule has 2 heterocycles. The van der Waals surface area contributed by atoms with Crippen LogP contribution in [0.5, 0.6) is 0 Å². The van der Waals surface area contributed by atoms with Crippen molar-refractivity contribution in [1.82, 2.24) is 14.9 Å². The maximum absolute atomic E-state index is 5.59. The average Bonchev–Trinajstić information content (AvgIpc) is 2.49. The molecule has 1 fully saturated rings. The fraction of sp³-hybridized carbons (Fsp3) is 0.600. The van der Waals surface area contributed by atoms with Crippen LogP contribution in [0.2, 0.25) is 0 Å². The largest absolute Gasteiger partial charge is 0.368 e. The van der Waals surface area contributed by atoms with E-state index in [0.29, 0.717) is 12.0 Å². The zero-order valence-corrected chi connectivity index (χ0v) is 9.20. The minimum atomic E-state index is 0.337. The van der Waals surface area contributed by atoms with E-state index in [-0.39, 0.29) is 0 Å². The number of anilines is 2. The first kappa shape index (κ1) is 10.2. The molecule has 5 heteroatoms. The minimum Gasteiger partial charge on any atom is -0.368 e. The molecule has 0 saturated carbocycles. The number of nitrogens with one attached hydrogen (secondary N) is 1. The maximum Gasteiger partial charge on any atom is 0.222 e. The number of likely N-dealkylation sites (N-methyl/N-ethyl adjacent to an activating group) is 1. The second-order valence-electron chi connectivity index (χ2n) is 4.14. The second kappa shape index (κ2) is 4.02. The van der Waals surface area contributed by atoms with Gasteiger partial charge < -0.3 is 16.0 Å². The van der Waals surface area contributed by atoms with Gasteiger partial charge >= 0.3 is 0 Å². The van der Waals surface area contributed by atoms with Crippen molar-refractivity contribution >= 4 is 11.8 Å². The topological polar surface area (TPSA) is 67.1 Å². The van der Waals surface area contributed by atoms with Gasteiger partial charge in [-0.1, -0.05) is 0 Å². The summed E-state index contributed by atoms with van der Waals surface area (Å²) in [5.41, 5.74) is 6.49. The van der Waals surface area contributed by atoms with Gasteiger partial charge in [-0.25, -0.2) is 4.98 Å². The Balaban J connectivity index is 2.04. The monoisotopic (exact) mass is 207 g/mol. The minimum absolute atomic E-state index is 0.337. The van der Waals surface area contributed by atoms with Crippen LogP contribution < -0.4 is 11.1 Å². The van der Waals surface area contributed by atoms with Crippen molar-refractivity contribution in [1.29, 1.82) is 0 Å². The molecule has 15 heavy (non-hydrogen) atoms. The molecular weight excluding hydrogens is 190 g/mol. The fourth-order valence-corrected chi connectivity index (χ4v) is 1.93. The SMILES string of the molecule is Cc1cc(NC2CCN(C)C2)nc(N)n1. The molecule has 0 aromatic carbocycles. The summed E-state index contributed by atoms with van der Waals surface area (Å²) in [6.45, 7) is 4.12. The second-order valence-corrected chi connectivity index (χ2v) is 4.14. The summed E-state index contributed by atoms with van der Waals surface area (Å²) in [4.78, 5) is 10.5. The number of hydrogen-bond donors (Lipinski definition) is 2. The van der Waals surface area contributed by atoms with Gasteiger partial charge in [-0.2, -0.15) is 4.98 Å². The van der Waals surface area contributed by atoms with E-state index in [9.17, 15) is 0 Å². The van der Waals surface area contributed by atoms with E-state index in [0.717, 1.165) is 31.0 Å². The molecule has 1 aromatic rings. The van der Waals surface area contributed by atoms with Gasteiger partial charge in [-0.3, -0.25) is 0 Å². The molecule has 1 saturated heterocycles. The van der Waals surface area contributed by atoms with Gasteiger partial charge in [-0.15, -0.1) is 0 Å². The third kappa shape index (κ3) is 2.56. The molecule has 0 spiro atoms. The lowest BCUT2D eigenvalue weighted by Crippen LogP contribution is -2.24. The predicted octanol–water partition coefficient (Wildman–Crippen LogP) is 0.483. The highest BCUT2D eigenvalue weighted by Crippen LogP contribution is 2.14. The highest BCUT2D eigenvalue weighted by atomic mass is 15.2. The number of likely N-dealkylation sites (tertiary alicyclic amines) is 1. The molecule has 2 rings (SSSR count). The smallest absolute Gasteiger partial charge is 0.222 e. The number of nitrogen functional groups attached to an aromatic ring is 1. The number of nitrogens with two attached hydrogens (primary N) is 1. The van der Waals surface area contributed by atoms with Gasteiger partial charge in [0.2, 0.25) is 5.95 Å². The van der Waals surface area contributed by atoms with Crippen molar-refractivity contribution in [3.8, 4) is 0 Å². The average molecular weight is 207 g/mol. The molecule has 3 N–H and O–H groups in total. The van der Waals surface area contributed by atoms with Crippen molar-refractivity contribution in [2.45, 2.75) is 19.4 Å². The lowest BCUT2D eigenvalue weighted by atomic mass is 10.2. The lowest BCUT2D eigenvalue weighted by Gasteiger charge is -2.13. The van der Waals surface area contributed by atoms with Crippen LogP contribution in [0.15, 0.2) is 6.07 Å². The van der Waals surface area contributed by atoms with E-state index in [1.54, 1.807) is 0 Å². The molecule has 82 valence electrons. The summed E-state index contributed by atoms with van der Waals surface area (Å²) in [6.07, 6.45) is 1.15. The van der Waals surface area contributed by atoms with E-state index in [4.69, 9.17) is 5.73 Å². The first-order valence-corrected chi connectivity index (χ1v) is 5.20. The maximum atomic E-state index is 5.59. The predicted molar refractivity (Wildman–Crippen MR) is 60.7 cm³/mol. The highest BCUT2D eigenvalue weighted by molar-refractivity contribution is 5.41. The van der Waals surface area contributed by atoms with Gasteiger partial charge in [0.05, 0.1) is 0 Å². The van der Waals surface area contributed by atoms with Gasteiger partial charge in [0.25, 0.3) is 0 Å². The van der Waals surface area contributed by atoms with Crippen LogP contribution in [0, 0.1) is 6.92 Å². The number of rotatable bonds is 2. The van der Waals surface area contributed by atoms with E-state index < -0.39 is 0 Å². The van der Waals surface area contributed by atoms with Crippen LogP contribution in [-0.4, -0.2) is 41.0 Å². The molecule has 1 aliphatic rings. The zero-order valence-electron chi connectivity index (χ0n) is 9.20. The Kier molecular flexibility index (Phi) is 2.73. The summed E-state index contributed by atoms with van der Waals surface area (Å²) in [5.74, 6) is 1.17. The van der Waals surface area contributed by atoms with E-state index in [2.05, 4.69) is 27.2 Å². The highest BCUT2D eigenvalue weighted by Gasteiger charge is 2.19. The lowest BCUT2D eigenvalue weighted by molar-refractivity contribution is 0.414. The summed E-state index contributed by atoms with van der Waals surface area (Å²) in [6, 6.07) is 2.40. The third-order valence-corrected chi connectivity index (χ3v) is 2.61. The Morgan fingerprint density at radius 3 is 2.93 bits per heavy atom. The Morgan fingerprint density at radius 1 is 1.53 bits per heavy atom. The molecule has 0 aliphatic carbocycles. The number of aromatic nitrogens is 2. The Labute approximate surface area is 89.7 Å². The van der Waals surface area contributed by atoms with E-state index >= 15 is 0 Å². The number of aryl methyl sites for hydroxylation is 1. The molecule has 1 aliphatic heterocycles. The Bertz CT molecular complexity index is 331. The molecule has 0 amide bonds. The summed E-state index contributed by atoms with van der Waals surface area (Å²) in [5, 5.41) is 3.38. The first-order chi connectivity index (χ1) is 7.13. The summed E-state index contributed by atoms with van der Waals surface area (Å²) >= 11 is 0. The normalized spacial score (nSPS) is 21.9. The van der Waals surface area contributed by atoms with Crippen molar-refractivity contribution in [2.24, 2.45) is 0 Å². The molecular formula is C10H17N5. The molecule has 0 radical (unpaired) electrons. The first-order valence-electron chi connectivity index (χ1n) is 5.20. The molecule has 1 unspecified atom stereocenters. The number of nitrogens with zero attached hydrogens (tertiary/aromatic N) is 3. The number of hydrogen-bond acceptors (Lipinski definition) is 5. The van der Waals surface area contributed by atoms with Crippen LogP contribution in [0.3, 0.4) is 0 Å². The van der Waals surface area contributed by atoms with Crippen molar-refractivity contribution in [2.75, 3.05) is 31.2 Å². The van der Waals surface area contributed by atoms with Crippen LogP contribution in [-0.2, 0) is 0 Å². The molecule has 0 bridgehead atoms. The summed E-state index contributed by atoms with van der Waals surface area (Å²) in [7, 11) is 2.13. The standard InChI is InChI=1S/C10H17N5/c1-7-5-9(14-10(11)12-7)13-8-3-4-15(2)6-8/h5,8H,3-4,6H2,1-2H3,(H3,11,12,13,14). The molecule has 1 aromatic heterocycles. The van der Waals surface area contributed by atoms with Gasteiger partial charge in [-0.05, 0) is 26.9 Å².